The number of aromatic nitrogens is 1. The van der Waals surface area contributed by atoms with Gasteiger partial charge in [-0.15, -0.1) is 0 Å². The van der Waals surface area contributed by atoms with E-state index in [-0.39, 0.29) is 11.8 Å². The van der Waals surface area contributed by atoms with E-state index in [2.05, 4.69) is 15.8 Å². The molecule has 0 bridgehead atoms. The molecule has 0 aliphatic carbocycles. The molecular weight excluding hydrogens is 308 g/mol. The van der Waals surface area contributed by atoms with Crippen molar-refractivity contribution in [1.82, 2.24) is 5.16 Å². The highest BCUT2D eigenvalue weighted by atomic mass is 16.5. The van der Waals surface area contributed by atoms with Crippen LogP contribution in [0.25, 0.3) is 0 Å². The van der Waals surface area contributed by atoms with E-state index >= 15 is 0 Å². The van der Waals surface area contributed by atoms with Gasteiger partial charge in [0.25, 0.3) is 0 Å². The van der Waals surface area contributed by atoms with Crippen LogP contribution >= 0.6 is 0 Å². The Labute approximate surface area is 140 Å². The molecule has 2 N–H and O–H groups in total. The second-order valence-corrected chi connectivity index (χ2v) is 5.87. The van der Waals surface area contributed by atoms with E-state index in [0.29, 0.717) is 18.0 Å². The van der Waals surface area contributed by atoms with Crippen molar-refractivity contribution >= 4 is 29.0 Å². The molecule has 1 fully saturated rings. The molecule has 7 nitrogen and oxygen atoms in total. The first-order valence-corrected chi connectivity index (χ1v) is 7.94. The Morgan fingerprint density at radius 2 is 2.08 bits per heavy atom. The minimum atomic E-state index is -0.443. The number of carbonyl (C=O) groups is 2. The average molecular weight is 328 g/mol. The maximum absolute atomic E-state index is 12.1. The van der Waals surface area contributed by atoms with Crippen LogP contribution in [-0.4, -0.2) is 29.6 Å². The Morgan fingerprint density at radius 1 is 1.33 bits per heavy atom. The minimum absolute atomic E-state index is 0.159. The molecule has 1 aromatic heterocycles. The van der Waals surface area contributed by atoms with E-state index in [0.717, 1.165) is 24.3 Å². The quantitative estimate of drug-likeness (QED) is 0.881. The lowest BCUT2D eigenvalue weighted by molar-refractivity contribution is -0.117. The van der Waals surface area contributed by atoms with Gasteiger partial charge in [-0.25, -0.2) is 0 Å². The van der Waals surface area contributed by atoms with Crippen molar-refractivity contribution in [3.8, 4) is 0 Å². The predicted octanol–water partition coefficient (Wildman–Crippen LogP) is 2.55. The van der Waals surface area contributed by atoms with Gasteiger partial charge in [0, 0.05) is 30.4 Å². The first-order valence-electron chi connectivity index (χ1n) is 7.94. The van der Waals surface area contributed by atoms with Gasteiger partial charge in [0.05, 0.1) is 0 Å². The molecule has 2 aromatic rings. The Bertz CT molecular complexity index is 739. The third-order valence-corrected chi connectivity index (χ3v) is 3.91. The fourth-order valence-electron chi connectivity index (χ4n) is 2.63. The summed E-state index contributed by atoms with van der Waals surface area (Å²) >= 11 is 0. The van der Waals surface area contributed by atoms with E-state index in [4.69, 9.17) is 4.52 Å². The fraction of sp³-hybridized carbons (Fsp3) is 0.353. The summed E-state index contributed by atoms with van der Waals surface area (Å²) in [4.78, 5) is 25.7. The molecule has 2 amide bonds. The Morgan fingerprint density at radius 3 is 2.67 bits per heavy atom. The van der Waals surface area contributed by atoms with E-state index in [1.165, 1.54) is 0 Å². The molecule has 0 radical (unpaired) electrons. The smallest absolute Gasteiger partial charge is 0.247 e. The van der Waals surface area contributed by atoms with Crippen molar-refractivity contribution in [2.45, 2.75) is 32.7 Å². The topological polar surface area (TPSA) is 87.5 Å². The summed E-state index contributed by atoms with van der Waals surface area (Å²) in [5, 5.41) is 9.55. The van der Waals surface area contributed by atoms with Gasteiger partial charge in [0.1, 0.15) is 11.8 Å². The number of carbonyl (C=O) groups excluding carboxylic acids is 2. The normalized spacial score (nSPS) is 15.4. The van der Waals surface area contributed by atoms with Gasteiger partial charge in [-0.3, -0.25) is 9.59 Å². The lowest BCUT2D eigenvalue weighted by atomic mass is 10.2. The van der Waals surface area contributed by atoms with Crippen LogP contribution in [0, 0.1) is 6.92 Å². The first-order chi connectivity index (χ1) is 11.5. The molecule has 0 saturated carbocycles. The highest BCUT2D eigenvalue weighted by molar-refractivity contribution is 5.96. The molecule has 1 atom stereocenters. The van der Waals surface area contributed by atoms with Crippen LogP contribution in [0.1, 0.15) is 25.5 Å². The van der Waals surface area contributed by atoms with E-state index < -0.39 is 6.04 Å². The molecule has 24 heavy (non-hydrogen) atoms. The van der Waals surface area contributed by atoms with E-state index in [1.807, 2.05) is 24.3 Å². The van der Waals surface area contributed by atoms with E-state index in [1.54, 1.807) is 24.8 Å². The molecule has 7 heteroatoms. The number of aryl methyl sites for hydroxylation is 1. The van der Waals surface area contributed by atoms with Crippen molar-refractivity contribution < 1.29 is 14.1 Å². The van der Waals surface area contributed by atoms with Crippen LogP contribution in [0.4, 0.5) is 17.2 Å². The molecule has 3 rings (SSSR count). The number of nitrogens with zero attached hydrogens (tertiary/aromatic N) is 2. The van der Waals surface area contributed by atoms with Gasteiger partial charge < -0.3 is 20.1 Å². The number of hydrogen-bond donors (Lipinski definition) is 2. The lowest BCUT2D eigenvalue weighted by Crippen LogP contribution is -2.32. The molecule has 0 spiro atoms. The van der Waals surface area contributed by atoms with Gasteiger partial charge in [0.2, 0.25) is 11.8 Å². The van der Waals surface area contributed by atoms with Crippen LogP contribution in [0.2, 0.25) is 0 Å². The number of anilines is 3. The number of rotatable bonds is 5. The Balaban J connectivity index is 1.58. The van der Waals surface area contributed by atoms with Crippen LogP contribution in [-0.2, 0) is 9.59 Å². The summed E-state index contributed by atoms with van der Waals surface area (Å²) in [6.07, 6.45) is 1.51. The van der Waals surface area contributed by atoms with Crippen LogP contribution in [0.15, 0.2) is 34.9 Å². The summed E-state index contributed by atoms with van der Waals surface area (Å²) in [6.45, 7) is 4.29. The van der Waals surface area contributed by atoms with Gasteiger partial charge >= 0.3 is 0 Å². The third-order valence-electron chi connectivity index (χ3n) is 3.91. The summed E-state index contributed by atoms with van der Waals surface area (Å²) in [5.74, 6) is 0.987. The molecule has 126 valence electrons. The number of nitrogens with one attached hydrogen (secondary N) is 2. The van der Waals surface area contributed by atoms with Crippen LogP contribution < -0.4 is 15.5 Å². The van der Waals surface area contributed by atoms with Crippen molar-refractivity contribution in [2.24, 2.45) is 0 Å². The number of amides is 2. The number of hydrogen-bond acceptors (Lipinski definition) is 5. The standard InChI is InChI=1S/C17H20N4O3/c1-11-10-15(20-24-11)19-17(23)12(2)18-13-5-7-14(8-6-13)21-9-3-4-16(21)22/h5-8,10,12,18H,3-4,9H2,1-2H3,(H,19,20,23)/t12-/m1/s1. The minimum Gasteiger partial charge on any atom is -0.374 e. The zero-order valence-corrected chi connectivity index (χ0v) is 13.7. The zero-order chi connectivity index (χ0) is 17.1. The monoisotopic (exact) mass is 328 g/mol. The Hall–Kier alpha value is -2.83. The predicted molar refractivity (Wildman–Crippen MR) is 91.0 cm³/mol. The molecule has 1 aromatic carbocycles. The second kappa shape index (κ2) is 6.74. The summed E-state index contributed by atoms with van der Waals surface area (Å²) < 4.78 is 4.92. The fourth-order valence-corrected chi connectivity index (χ4v) is 2.63. The van der Waals surface area contributed by atoms with Gasteiger partial charge in [-0.2, -0.15) is 0 Å². The van der Waals surface area contributed by atoms with Gasteiger partial charge in [-0.1, -0.05) is 5.16 Å². The van der Waals surface area contributed by atoms with Crippen molar-refractivity contribution in [3.63, 3.8) is 0 Å². The molecule has 2 heterocycles. The SMILES string of the molecule is Cc1cc(NC(=O)[C@@H](C)Nc2ccc(N3CCCC3=O)cc2)no1. The zero-order valence-electron chi connectivity index (χ0n) is 13.7. The second-order valence-electron chi connectivity index (χ2n) is 5.87. The number of benzene rings is 1. The summed E-state index contributed by atoms with van der Waals surface area (Å²) in [6, 6.07) is 8.72. The maximum atomic E-state index is 12.1. The van der Waals surface area contributed by atoms with Crippen LogP contribution in [0.3, 0.4) is 0 Å². The Kier molecular flexibility index (Phi) is 4.50. The largest absolute Gasteiger partial charge is 0.374 e. The molecule has 1 aliphatic rings. The lowest BCUT2D eigenvalue weighted by Gasteiger charge is -2.18. The molecule has 1 aliphatic heterocycles. The van der Waals surface area contributed by atoms with Gasteiger partial charge in [0.15, 0.2) is 5.82 Å². The van der Waals surface area contributed by atoms with E-state index in [9.17, 15) is 9.59 Å². The maximum Gasteiger partial charge on any atom is 0.247 e. The molecule has 0 unspecified atom stereocenters. The molecular formula is C17H20N4O3. The van der Waals surface area contributed by atoms with Crippen molar-refractivity contribution in [3.05, 3.63) is 36.1 Å². The molecule has 1 saturated heterocycles. The highest BCUT2D eigenvalue weighted by Crippen LogP contribution is 2.23. The summed E-state index contributed by atoms with van der Waals surface area (Å²) in [5.41, 5.74) is 1.70. The van der Waals surface area contributed by atoms with Crippen LogP contribution in [0.5, 0.6) is 0 Å². The highest BCUT2D eigenvalue weighted by Gasteiger charge is 2.21. The first kappa shape index (κ1) is 16.0. The van der Waals surface area contributed by atoms with Gasteiger partial charge in [-0.05, 0) is 44.5 Å². The average Bonchev–Trinajstić information content (AvgIpc) is 3.16. The summed E-state index contributed by atoms with van der Waals surface area (Å²) in [7, 11) is 0. The third kappa shape index (κ3) is 3.56. The van der Waals surface area contributed by atoms with Crippen molar-refractivity contribution in [1.29, 1.82) is 0 Å². The van der Waals surface area contributed by atoms with Crippen molar-refractivity contribution in [2.75, 3.05) is 22.1 Å².